The molecule has 2 aromatic carbocycles. The average Bonchev–Trinajstić information content (AvgIpc) is 3.23. The number of carbonyl (C=O) groups is 2. The molecule has 0 bridgehead atoms. The number of alkyl carbamates (subject to hydrolysis) is 1. The van der Waals surface area contributed by atoms with Gasteiger partial charge in [0.1, 0.15) is 31.0 Å². The monoisotopic (exact) mass is 530 g/mol. The van der Waals surface area contributed by atoms with Crippen molar-refractivity contribution in [2.24, 2.45) is 0 Å². The number of hydrogen-bond donors (Lipinski definition) is 7. The molecular formula is C27H34N2O9. The van der Waals surface area contributed by atoms with E-state index < -0.39 is 55.4 Å². The normalized spacial score (nSPS) is 25.3. The van der Waals surface area contributed by atoms with Gasteiger partial charge in [-0.2, -0.15) is 0 Å². The van der Waals surface area contributed by atoms with Gasteiger partial charge in [-0.15, -0.1) is 0 Å². The lowest BCUT2D eigenvalue weighted by Crippen LogP contribution is -2.65. The predicted molar refractivity (Wildman–Crippen MR) is 135 cm³/mol. The number of amides is 1. The van der Waals surface area contributed by atoms with E-state index in [4.69, 9.17) is 9.47 Å². The SMILES string of the molecule is O=C(NCCCCC(NCC1(O)OCC(O)C(O)C1O)C(=O)O)OCC1c2ccccc2-c2ccccc21. The Kier molecular flexibility index (Phi) is 8.98. The highest BCUT2D eigenvalue weighted by Crippen LogP contribution is 2.44. The van der Waals surface area contributed by atoms with E-state index in [1.807, 2.05) is 36.4 Å². The highest BCUT2D eigenvalue weighted by atomic mass is 16.6. The molecule has 0 aromatic heterocycles. The van der Waals surface area contributed by atoms with Crippen LogP contribution in [0, 0.1) is 0 Å². The topological polar surface area (TPSA) is 178 Å². The summed E-state index contributed by atoms with van der Waals surface area (Å²) in [5, 5.41) is 54.5. The highest BCUT2D eigenvalue weighted by Gasteiger charge is 2.48. The predicted octanol–water partition coefficient (Wildman–Crippen LogP) is 0.540. The Bertz CT molecular complexity index is 1080. The Balaban J connectivity index is 1.17. The molecule has 0 saturated carbocycles. The van der Waals surface area contributed by atoms with Crippen LogP contribution in [0.5, 0.6) is 0 Å². The van der Waals surface area contributed by atoms with E-state index >= 15 is 0 Å². The van der Waals surface area contributed by atoms with Gasteiger partial charge in [0.2, 0.25) is 5.79 Å². The van der Waals surface area contributed by atoms with Crippen LogP contribution in [0.2, 0.25) is 0 Å². The zero-order chi connectivity index (χ0) is 27.3. The van der Waals surface area contributed by atoms with Gasteiger partial charge in [-0.3, -0.25) is 10.1 Å². The third-order valence-electron chi connectivity index (χ3n) is 7.12. The summed E-state index contributed by atoms with van der Waals surface area (Å²) in [7, 11) is 0. The molecule has 38 heavy (non-hydrogen) atoms. The van der Waals surface area contributed by atoms with Crippen molar-refractivity contribution in [3.8, 4) is 11.1 Å². The number of nitrogens with one attached hydrogen (secondary N) is 2. The number of aliphatic hydroxyl groups excluding tert-OH is 3. The van der Waals surface area contributed by atoms with Gasteiger partial charge in [0.25, 0.3) is 0 Å². The fourth-order valence-electron chi connectivity index (χ4n) is 4.94. The van der Waals surface area contributed by atoms with Crippen molar-refractivity contribution in [3.05, 3.63) is 59.7 Å². The summed E-state index contributed by atoms with van der Waals surface area (Å²) in [5.74, 6) is -3.44. The van der Waals surface area contributed by atoms with E-state index in [1.54, 1.807) is 0 Å². The van der Waals surface area contributed by atoms with E-state index in [-0.39, 0.29) is 18.9 Å². The lowest BCUT2D eigenvalue weighted by atomic mass is 9.96. The Morgan fingerprint density at radius 1 is 1.03 bits per heavy atom. The number of ether oxygens (including phenoxy) is 2. The summed E-state index contributed by atoms with van der Waals surface area (Å²) in [6, 6.07) is 15.1. The van der Waals surface area contributed by atoms with Crippen LogP contribution in [0.1, 0.15) is 36.3 Å². The number of carboxylic acid groups (broad SMARTS) is 1. The van der Waals surface area contributed by atoms with E-state index in [2.05, 4.69) is 22.8 Å². The number of aliphatic hydroxyl groups is 4. The molecule has 206 valence electrons. The molecule has 2 aliphatic rings. The minimum atomic E-state index is -2.24. The molecule has 0 spiro atoms. The van der Waals surface area contributed by atoms with Crippen molar-refractivity contribution in [2.45, 2.75) is 55.3 Å². The molecule has 11 heteroatoms. The standard InChI is InChI=1S/C27H34N2O9/c30-22-14-38-27(36,24(32)23(22)31)15-29-21(25(33)34)11-5-6-12-28-26(35)37-13-20-18-9-3-1-7-16(18)17-8-2-4-10-19(17)20/h1-4,7-10,20-24,29-32,36H,5-6,11-15H2,(H,28,35)(H,33,34). The van der Waals surface area contributed by atoms with Gasteiger partial charge in [0.15, 0.2) is 0 Å². The molecule has 5 unspecified atom stereocenters. The molecule has 2 aromatic rings. The molecular weight excluding hydrogens is 496 g/mol. The Hall–Kier alpha value is -3.06. The lowest BCUT2D eigenvalue weighted by molar-refractivity contribution is -0.318. The van der Waals surface area contributed by atoms with Crippen LogP contribution in [0.15, 0.2) is 48.5 Å². The van der Waals surface area contributed by atoms with E-state index in [9.17, 15) is 35.1 Å². The number of rotatable bonds is 11. The van der Waals surface area contributed by atoms with Crippen molar-refractivity contribution in [1.82, 2.24) is 10.6 Å². The van der Waals surface area contributed by atoms with Crippen LogP contribution in [0.3, 0.4) is 0 Å². The largest absolute Gasteiger partial charge is 0.480 e. The number of carbonyl (C=O) groups excluding carboxylic acids is 1. The van der Waals surface area contributed by atoms with Crippen LogP contribution < -0.4 is 10.6 Å². The Morgan fingerprint density at radius 3 is 2.29 bits per heavy atom. The number of carboxylic acids is 1. The average molecular weight is 531 g/mol. The van der Waals surface area contributed by atoms with E-state index in [0.29, 0.717) is 19.4 Å². The van der Waals surface area contributed by atoms with Crippen LogP contribution in [0.4, 0.5) is 4.79 Å². The summed E-state index contributed by atoms with van der Waals surface area (Å²) >= 11 is 0. The Labute approximate surface area is 220 Å². The minimum Gasteiger partial charge on any atom is -0.480 e. The van der Waals surface area contributed by atoms with E-state index in [0.717, 1.165) is 22.3 Å². The van der Waals surface area contributed by atoms with Gasteiger partial charge < -0.3 is 40.3 Å². The van der Waals surface area contributed by atoms with Gasteiger partial charge in [0.05, 0.1) is 13.2 Å². The zero-order valence-electron chi connectivity index (χ0n) is 20.8. The summed E-state index contributed by atoms with van der Waals surface area (Å²) in [5.41, 5.74) is 4.53. The third kappa shape index (κ3) is 6.15. The van der Waals surface area contributed by atoms with Crippen molar-refractivity contribution >= 4 is 12.1 Å². The molecule has 1 heterocycles. The molecule has 4 rings (SSSR count). The second-order valence-corrected chi connectivity index (χ2v) is 9.68. The van der Waals surface area contributed by atoms with Gasteiger partial charge in [-0.05, 0) is 41.5 Å². The van der Waals surface area contributed by atoms with Gasteiger partial charge in [-0.25, -0.2) is 4.79 Å². The van der Waals surface area contributed by atoms with Crippen LogP contribution in [0.25, 0.3) is 11.1 Å². The van der Waals surface area contributed by atoms with Gasteiger partial charge in [-0.1, -0.05) is 48.5 Å². The maximum atomic E-state index is 12.3. The molecule has 1 fully saturated rings. The van der Waals surface area contributed by atoms with Gasteiger partial charge in [0, 0.05) is 12.5 Å². The number of hydrogen-bond acceptors (Lipinski definition) is 9. The van der Waals surface area contributed by atoms with Crippen molar-refractivity contribution < 1.29 is 44.6 Å². The smallest absolute Gasteiger partial charge is 0.407 e. The first kappa shape index (κ1) is 28.0. The van der Waals surface area contributed by atoms with Crippen molar-refractivity contribution in [2.75, 3.05) is 26.3 Å². The molecule has 0 radical (unpaired) electrons. The highest BCUT2D eigenvalue weighted by molar-refractivity contribution is 5.79. The summed E-state index contributed by atoms with van der Waals surface area (Å²) in [6.07, 6.45) is -4.23. The second-order valence-electron chi connectivity index (χ2n) is 9.68. The lowest BCUT2D eigenvalue weighted by Gasteiger charge is -2.42. The molecule has 1 amide bonds. The molecule has 1 saturated heterocycles. The van der Waals surface area contributed by atoms with Gasteiger partial charge >= 0.3 is 12.1 Å². The quantitative estimate of drug-likeness (QED) is 0.203. The maximum Gasteiger partial charge on any atom is 0.407 e. The maximum absolute atomic E-state index is 12.3. The second kappa shape index (κ2) is 12.2. The molecule has 11 nitrogen and oxygen atoms in total. The molecule has 1 aliphatic carbocycles. The molecule has 5 atom stereocenters. The summed E-state index contributed by atoms with van der Waals surface area (Å²) in [6.45, 7) is -0.380. The van der Waals surface area contributed by atoms with Crippen LogP contribution >= 0.6 is 0 Å². The molecule has 1 aliphatic heterocycles. The van der Waals surface area contributed by atoms with Crippen LogP contribution in [-0.2, 0) is 14.3 Å². The molecule has 7 N–H and O–H groups in total. The number of fused-ring (bicyclic) bond motifs is 3. The summed E-state index contributed by atoms with van der Waals surface area (Å²) in [4.78, 5) is 23.9. The first-order valence-electron chi connectivity index (χ1n) is 12.7. The minimum absolute atomic E-state index is 0.0404. The number of benzene rings is 2. The number of unbranched alkanes of at least 4 members (excludes halogenated alkanes) is 1. The third-order valence-corrected chi connectivity index (χ3v) is 7.12. The van der Waals surface area contributed by atoms with Crippen LogP contribution in [-0.4, -0.2) is 94.0 Å². The van der Waals surface area contributed by atoms with Crippen molar-refractivity contribution in [3.63, 3.8) is 0 Å². The summed E-state index contributed by atoms with van der Waals surface area (Å²) < 4.78 is 10.5. The van der Waals surface area contributed by atoms with E-state index in [1.165, 1.54) is 0 Å². The zero-order valence-corrected chi connectivity index (χ0v) is 20.8. The fourth-order valence-corrected chi connectivity index (χ4v) is 4.94. The number of aliphatic carboxylic acids is 1. The Morgan fingerprint density at radius 2 is 1.66 bits per heavy atom. The first-order chi connectivity index (χ1) is 18.2. The first-order valence-corrected chi connectivity index (χ1v) is 12.7. The van der Waals surface area contributed by atoms with Crippen molar-refractivity contribution in [1.29, 1.82) is 0 Å². The fraction of sp³-hybridized carbons (Fsp3) is 0.481.